The number of carbonyl (C=O) groups is 1. The van der Waals surface area contributed by atoms with Crippen LogP contribution in [-0.2, 0) is 4.79 Å². The molecule has 4 nitrogen and oxygen atoms in total. The van der Waals surface area contributed by atoms with Gasteiger partial charge in [-0.05, 0) is 30.7 Å². The van der Waals surface area contributed by atoms with Crippen molar-refractivity contribution >= 4 is 11.7 Å². The van der Waals surface area contributed by atoms with Crippen molar-refractivity contribution < 1.29 is 14.3 Å². The summed E-state index contributed by atoms with van der Waals surface area (Å²) in [5, 5.41) is 8.94. The summed E-state index contributed by atoms with van der Waals surface area (Å²) in [6, 6.07) is 13.7. The van der Waals surface area contributed by atoms with E-state index in [-0.39, 0.29) is 12.5 Å². The first-order chi connectivity index (χ1) is 9.72. The number of carboxylic acid groups (broad SMARTS) is 1. The number of carboxylic acids is 1. The third-order valence-electron chi connectivity index (χ3n) is 3.29. The molecule has 0 bridgehead atoms. The number of furan rings is 1. The standard InChI is InChI=1S/C16H19NO3/c1-2-14(15-9-6-12-20-15)17(11-10-16(18)19)13-7-4-3-5-8-13/h3-9,12,14H,2,10-11H2,1H3,(H,18,19). The lowest BCUT2D eigenvalue weighted by molar-refractivity contribution is -0.136. The van der Waals surface area contributed by atoms with E-state index in [1.807, 2.05) is 42.5 Å². The van der Waals surface area contributed by atoms with Crippen LogP contribution < -0.4 is 4.90 Å². The molecule has 20 heavy (non-hydrogen) atoms. The number of aliphatic carboxylic acids is 1. The molecule has 0 saturated carbocycles. The SMILES string of the molecule is CCC(c1ccco1)N(CCC(=O)O)c1ccccc1. The van der Waals surface area contributed by atoms with Gasteiger partial charge in [-0.1, -0.05) is 25.1 Å². The van der Waals surface area contributed by atoms with Crippen LogP contribution in [0.1, 0.15) is 31.6 Å². The molecular weight excluding hydrogens is 254 g/mol. The van der Waals surface area contributed by atoms with Crippen LogP contribution in [0.15, 0.2) is 53.1 Å². The van der Waals surface area contributed by atoms with Gasteiger partial charge in [0, 0.05) is 12.2 Å². The summed E-state index contributed by atoms with van der Waals surface area (Å²) in [5.74, 6) is 0.0713. The van der Waals surface area contributed by atoms with Gasteiger partial charge in [-0.25, -0.2) is 0 Å². The summed E-state index contributed by atoms with van der Waals surface area (Å²) in [6.07, 6.45) is 2.60. The smallest absolute Gasteiger partial charge is 0.305 e. The first kappa shape index (κ1) is 14.2. The van der Waals surface area contributed by atoms with Crippen LogP contribution in [0, 0.1) is 0 Å². The van der Waals surface area contributed by atoms with Gasteiger partial charge in [0.2, 0.25) is 0 Å². The molecule has 1 aromatic carbocycles. The molecule has 0 fully saturated rings. The first-order valence-electron chi connectivity index (χ1n) is 6.79. The fourth-order valence-corrected chi connectivity index (χ4v) is 2.36. The maximum Gasteiger partial charge on any atom is 0.305 e. The largest absolute Gasteiger partial charge is 0.481 e. The van der Waals surface area contributed by atoms with Crippen molar-refractivity contribution in [2.75, 3.05) is 11.4 Å². The normalized spacial score (nSPS) is 12.1. The molecule has 0 saturated heterocycles. The quantitative estimate of drug-likeness (QED) is 0.835. The number of anilines is 1. The third kappa shape index (κ3) is 3.41. The molecule has 1 aromatic heterocycles. The minimum absolute atomic E-state index is 0.0479. The van der Waals surface area contributed by atoms with Crippen molar-refractivity contribution in [2.45, 2.75) is 25.8 Å². The van der Waals surface area contributed by atoms with Crippen molar-refractivity contribution in [3.8, 4) is 0 Å². The second kappa shape index (κ2) is 6.80. The van der Waals surface area contributed by atoms with Crippen molar-refractivity contribution in [1.29, 1.82) is 0 Å². The highest BCUT2D eigenvalue weighted by Gasteiger charge is 2.22. The lowest BCUT2D eigenvalue weighted by Gasteiger charge is -2.31. The highest BCUT2D eigenvalue weighted by atomic mass is 16.4. The molecule has 0 aliphatic heterocycles. The Balaban J connectivity index is 2.27. The average molecular weight is 273 g/mol. The lowest BCUT2D eigenvalue weighted by atomic mass is 10.1. The van der Waals surface area contributed by atoms with E-state index in [1.165, 1.54) is 0 Å². The Kier molecular flexibility index (Phi) is 4.82. The molecule has 1 N–H and O–H groups in total. The minimum Gasteiger partial charge on any atom is -0.481 e. The molecular formula is C16H19NO3. The van der Waals surface area contributed by atoms with Crippen LogP contribution in [0.4, 0.5) is 5.69 Å². The Morgan fingerprint density at radius 2 is 2.00 bits per heavy atom. The Morgan fingerprint density at radius 3 is 2.55 bits per heavy atom. The maximum absolute atomic E-state index is 10.9. The van der Waals surface area contributed by atoms with E-state index < -0.39 is 5.97 Å². The summed E-state index contributed by atoms with van der Waals surface area (Å²) in [5.41, 5.74) is 1.01. The molecule has 2 aromatic rings. The van der Waals surface area contributed by atoms with Crippen molar-refractivity contribution in [3.63, 3.8) is 0 Å². The summed E-state index contributed by atoms with van der Waals surface area (Å²) in [7, 11) is 0. The maximum atomic E-state index is 10.9. The number of benzene rings is 1. The van der Waals surface area contributed by atoms with Crippen molar-refractivity contribution in [1.82, 2.24) is 0 Å². The Labute approximate surface area is 118 Å². The average Bonchev–Trinajstić information content (AvgIpc) is 2.98. The molecule has 1 unspecified atom stereocenters. The van der Waals surface area contributed by atoms with E-state index in [1.54, 1.807) is 6.26 Å². The van der Waals surface area contributed by atoms with E-state index in [0.29, 0.717) is 6.54 Å². The number of hydrogen-bond donors (Lipinski definition) is 1. The number of para-hydroxylation sites is 1. The zero-order valence-corrected chi connectivity index (χ0v) is 11.5. The minimum atomic E-state index is -0.791. The van der Waals surface area contributed by atoms with Crippen LogP contribution >= 0.6 is 0 Å². The monoisotopic (exact) mass is 273 g/mol. The van der Waals surface area contributed by atoms with Gasteiger partial charge in [0.05, 0.1) is 18.7 Å². The molecule has 1 heterocycles. The van der Waals surface area contributed by atoms with E-state index >= 15 is 0 Å². The molecule has 0 aliphatic carbocycles. The zero-order valence-electron chi connectivity index (χ0n) is 11.5. The second-order valence-electron chi connectivity index (χ2n) is 4.61. The molecule has 0 aliphatic rings. The van der Waals surface area contributed by atoms with Gasteiger partial charge in [-0.3, -0.25) is 4.79 Å². The van der Waals surface area contributed by atoms with E-state index in [2.05, 4.69) is 11.8 Å². The third-order valence-corrected chi connectivity index (χ3v) is 3.29. The summed E-state index contributed by atoms with van der Waals surface area (Å²) in [4.78, 5) is 13.0. The van der Waals surface area contributed by atoms with E-state index in [4.69, 9.17) is 9.52 Å². The topological polar surface area (TPSA) is 53.7 Å². The highest BCUT2D eigenvalue weighted by molar-refractivity contribution is 5.67. The summed E-state index contributed by atoms with van der Waals surface area (Å²) in [6.45, 7) is 2.53. The first-order valence-corrected chi connectivity index (χ1v) is 6.79. The van der Waals surface area contributed by atoms with Crippen LogP contribution in [0.5, 0.6) is 0 Å². The van der Waals surface area contributed by atoms with Crippen molar-refractivity contribution in [3.05, 3.63) is 54.5 Å². The zero-order chi connectivity index (χ0) is 14.4. The van der Waals surface area contributed by atoms with Gasteiger partial charge in [0.15, 0.2) is 0 Å². The molecule has 106 valence electrons. The van der Waals surface area contributed by atoms with Gasteiger partial charge < -0.3 is 14.4 Å². The highest BCUT2D eigenvalue weighted by Crippen LogP contribution is 2.30. The van der Waals surface area contributed by atoms with E-state index in [0.717, 1.165) is 17.9 Å². The van der Waals surface area contributed by atoms with Crippen LogP contribution in [0.3, 0.4) is 0 Å². The molecule has 2 rings (SSSR count). The van der Waals surface area contributed by atoms with Gasteiger partial charge in [0.25, 0.3) is 0 Å². The van der Waals surface area contributed by atoms with E-state index in [9.17, 15) is 4.79 Å². The molecule has 0 radical (unpaired) electrons. The molecule has 0 amide bonds. The van der Waals surface area contributed by atoms with Gasteiger partial charge in [0.1, 0.15) is 5.76 Å². The Bertz CT molecular complexity index is 522. The fraction of sp³-hybridized carbons (Fsp3) is 0.312. The van der Waals surface area contributed by atoms with Crippen molar-refractivity contribution in [2.24, 2.45) is 0 Å². The number of rotatable bonds is 7. The second-order valence-corrected chi connectivity index (χ2v) is 4.61. The molecule has 4 heteroatoms. The molecule has 0 spiro atoms. The van der Waals surface area contributed by atoms with Gasteiger partial charge in [-0.2, -0.15) is 0 Å². The lowest BCUT2D eigenvalue weighted by Crippen LogP contribution is -2.30. The van der Waals surface area contributed by atoms with Gasteiger partial charge in [-0.15, -0.1) is 0 Å². The predicted molar refractivity (Wildman–Crippen MR) is 77.8 cm³/mol. The van der Waals surface area contributed by atoms with Gasteiger partial charge >= 0.3 is 5.97 Å². The summed E-state index contributed by atoms with van der Waals surface area (Å²) < 4.78 is 5.51. The molecule has 1 atom stereocenters. The Hall–Kier alpha value is -2.23. The Morgan fingerprint density at radius 1 is 1.25 bits per heavy atom. The summed E-state index contributed by atoms with van der Waals surface area (Å²) >= 11 is 0. The van der Waals surface area contributed by atoms with Crippen LogP contribution in [0.2, 0.25) is 0 Å². The number of nitrogens with zero attached hydrogens (tertiary/aromatic N) is 1. The number of hydrogen-bond acceptors (Lipinski definition) is 3. The predicted octanol–water partition coefficient (Wildman–Crippen LogP) is 3.71. The van der Waals surface area contributed by atoms with Crippen LogP contribution in [-0.4, -0.2) is 17.6 Å². The van der Waals surface area contributed by atoms with Crippen LogP contribution in [0.25, 0.3) is 0 Å². The fourth-order valence-electron chi connectivity index (χ4n) is 2.36.